The van der Waals surface area contributed by atoms with Gasteiger partial charge < -0.3 is 5.32 Å². The van der Waals surface area contributed by atoms with Crippen LogP contribution < -0.4 is 5.32 Å². The van der Waals surface area contributed by atoms with Crippen LogP contribution in [0.4, 0.5) is 4.39 Å². The van der Waals surface area contributed by atoms with Crippen LogP contribution in [0.2, 0.25) is 5.02 Å². The number of carbonyl (C=O) groups excluding carboxylic acids is 1. The van der Waals surface area contributed by atoms with Gasteiger partial charge in [0.25, 0.3) is 5.91 Å². The third kappa shape index (κ3) is 2.82. The van der Waals surface area contributed by atoms with E-state index in [1.807, 2.05) is 20.9 Å². The number of nitrogens with one attached hydrogen (secondary N) is 1. The van der Waals surface area contributed by atoms with Crippen molar-refractivity contribution in [2.45, 2.75) is 20.4 Å². The third-order valence-electron chi connectivity index (χ3n) is 3.26. The summed E-state index contributed by atoms with van der Waals surface area (Å²) < 4.78 is 15.3. The van der Waals surface area contributed by atoms with Crippen molar-refractivity contribution in [2.75, 3.05) is 0 Å². The van der Waals surface area contributed by atoms with Crippen LogP contribution in [0.5, 0.6) is 0 Å². The summed E-state index contributed by atoms with van der Waals surface area (Å²) in [6.45, 7) is 4.09. The molecule has 0 bridgehead atoms. The first-order chi connectivity index (χ1) is 9.40. The van der Waals surface area contributed by atoms with Gasteiger partial charge in [-0.05, 0) is 32.0 Å². The van der Waals surface area contributed by atoms with E-state index < -0.39 is 11.7 Å². The molecule has 1 heterocycles. The van der Waals surface area contributed by atoms with Crippen molar-refractivity contribution in [2.24, 2.45) is 7.05 Å². The average Bonchev–Trinajstić information content (AvgIpc) is 2.64. The quantitative estimate of drug-likeness (QED) is 0.946. The smallest absolute Gasteiger partial charge is 0.254 e. The van der Waals surface area contributed by atoms with Crippen LogP contribution in [0.15, 0.2) is 18.2 Å². The Morgan fingerprint density at radius 3 is 2.75 bits per heavy atom. The number of nitrogens with zero attached hydrogens (tertiary/aromatic N) is 2. The Balaban J connectivity index is 2.15. The number of benzene rings is 1. The molecule has 0 aliphatic rings. The van der Waals surface area contributed by atoms with E-state index in [1.165, 1.54) is 18.2 Å². The molecule has 0 fully saturated rings. The first-order valence-electron chi connectivity index (χ1n) is 6.12. The number of hydrogen-bond donors (Lipinski definition) is 1. The fourth-order valence-electron chi connectivity index (χ4n) is 2.01. The van der Waals surface area contributed by atoms with E-state index in [4.69, 9.17) is 11.6 Å². The summed E-state index contributed by atoms with van der Waals surface area (Å²) >= 11 is 5.77. The van der Waals surface area contributed by atoms with Gasteiger partial charge in [-0.3, -0.25) is 9.48 Å². The molecule has 0 saturated heterocycles. The lowest BCUT2D eigenvalue weighted by atomic mass is 10.1. The van der Waals surface area contributed by atoms with E-state index >= 15 is 0 Å². The molecule has 6 heteroatoms. The predicted molar refractivity (Wildman–Crippen MR) is 75.3 cm³/mol. The zero-order valence-electron chi connectivity index (χ0n) is 11.5. The van der Waals surface area contributed by atoms with Crippen molar-refractivity contribution in [3.8, 4) is 0 Å². The molecule has 1 aromatic carbocycles. The molecule has 0 aliphatic heterocycles. The van der Waals surface area contributed by atoms with E-state index in [0.717, 1.165) is 17.0 Å². The molecule has 0 unspecified atom stereocenters. The van der Waals surface area contributed by atoms with Gasteiger partial charge in [-0.25, -0.2) is 4.39 Å². The van der Waals surface area contributed by atoms with Crippen LogP contribution in [0, 0.1) is 19.7 Å². The third-order valence-corrected chi connectivity index (χ3v) is 3.49. The molecule has 0 atom stereocenters. The fourth-order valence-corrected chi connectivity index (χ4v) is 2.18. The van der Waals surface area contributed by atoms with E-state index in [1.54, 1.807) is 4.68 Å². The predicted octanol–water partition coefficient (Wildman–Crippen LogP) is 2.76. The molecule has 2 rings (SSSR count). The summed E-state index contributed by atoms with van der Waals surface area (Å²) in [7, 11) is 1.84. The molecular formula is C14H15ClFN3O. The first-order valence-corrected chi connectivity index (χ1v) is 6.50. The van der Waals surface area contributed by atoms with Crippen LogP contribution in [0.1, 0.15) is 27.3 Å². The van der Waals surface area contributed by atoms with E-state index in [2.05, 4.69) is 10.4 Å². The molecule has 1 aromatic heterocycles. The summed E-state index contributed by atoms with van der Waals surface area (Å²) in [6, 6.07) is 3.90. The topological polar surface area (TPSA) is 46.9 Å². The van der Waals surface area contributed by atoms with Gasteiger partial charge >= 0.3 is 0 Å². The van der Waals surface area contributed by atoms with Crippen LogP contribution in [-0.2, 0) is 13.6 Å². The number of aromatic nitrogens is 2. The highest BCUT2D eigenvalue weighted by Gasteiger charge is 2.14. The van der Waals surface area contributed by atoms with E-state index in [-0.39, 0.29) is 5.56 Å². The van der Waals surface area contributed by atoms with Gasteiger partial charge in [0.15, 0.2) is 0 Å². The molecule has 4 nitrogen and oxygen atoms in total. The van der Waals surface area contributed by atoms with Crippen molar-refractivity contribution >= 4 is 17.5 Å². The van der Waals surface area contributed by atoms with Crippen molar-refractivity contribution in [3.05, 3.63) is 51.6 Å². The van der Waals surface area contributed by atoms with Crippen LogP contribution >= 0.6 is 11.6 Å². The van der Waals surface area contributed by atoms with Crippen molar-refractivity contribution in [1.29, 1.82) is 0 Å². The highest BCUT2D eigenvalue weighted by molar-refractivity contribution is 6.30. The maximum Gasteiger partial charge on any atom is 0.254 e. The van der Waals surface area contributed by atoms with Gasteiger partial charge in [0, 0.05) is 29.9 Å². The van der Waals surface area contributed by atoms with Gasteiger partial charge in [0.1, 0.15) is 5.82 Å². The van der Waals surface area contributed by atoms with Gasteiger partial charge in [-0.1, -0.05) is 11.6 Å². The summed E-state index contributed by atoms with van der Waals surface area (Å²) in [5.74, 6) is -1.08. The zero-order valence-corrected chi connectivity index (χ0v) is 12.3. The normalized spacial score (nSPS) is 10.7. The largest absolute Gasteiger partial charge is 0.348 e. The minimum atomic E-state index is -0.591. The molecule has 0 aliphatic carbocycles. The number of rotatable bonds is 3. The standard InChI is InChI=1S/C14H15ClFN3O/c1-8-12(9(2)19(3)18-8)7-17-14(20)11-6-10(15)4-5-13(11)16/h4-6H,7H2,1-3H3,(H,17,20). The minimum Gasteiger partial charge on any atom is -0.348 e. The maximum absolute atomic E-state index is 13.6. The number of carbonyl (C=O) groups is 1. The Kier molecular flexibility index (Phi) is 4.09. The summed E-state index contributed by atoms with van der Waals surface area (Å²) in [4.78, 5) is 12.0. The molecule has 0 saturated carbocycles. The number of aryl methyl sites for hydroxylation is 2. The van der Waals surface area contributed by atoms with E-state index in [9.17, 15) is 9.18 Å². The molecule has 1 N–H and O–H groups in total. The lowest BCUT2D eigenvalue weighted by Gasteiger charge is -2.07. The molecule has 2 aromatic rings. The second-order valence-electron chi connectivity index (χ2n) is 4.58. The van der Waals surface area contributed by atoms with Crippen LogP contribution in [-0.4, -0.2) is 15.7 Å². The number of hydrogen-bond acceptors (Lipinski definition) is 2. The van der Waals surface area contributed by atoms with Crippen molar-refractivity contribution in [1.82, 2.24) is 15.1 Å². The fraction of sp³-hybridized carbons (Fsp3) is 0.286. The Morgan fingerprint density at radius 2 is 2.15 bits per heavy atom. The Bertz CT molecular complexity index is 667. The second-order valence-corrected chi connectivity index (χ2v) is 5.02. The highest BCUT2D eigenvalue weighted by Crippen LogP contribution is 2.16. The monoisotopic (exact) mass is 295 g/mol. The van der Waals surface area contributed by atoms with Gasteiger partial charge in [0.05, 0.1) is 11.3 Å². The van der Waals surface area contributed by atoms with E-state index in [0.29, 0.717) is 11.6 Å². The Hall–Kier alpha value is -1.88. The summed E-state index contributed by atoms with van der Waals surface area (Å²) in [6.07, 6.45) is 0. The molecule has 106 valence electrons. The number of halogens is 2. The first kappa shape index (κ1) is 14.5. The summed E-state index contributed by atoms with van der Waals surface area (Å²) in [5.41, 5.74) is 2.69. The molecule has 0 spiro atoms. The van der Waals surface area contributed by atoms with Crippen molar-refractivity contribution < 1.29 is 9.18 Å². The molecule has 20 heavy (non-hydrogen) atoms. The SMILES string of the molecule is Cc1nn(C)c(C)c1CNC(=O)c1cc(Cl)ccc1F. The lowest BCUT2D eigenvalue weighted by Crippen LogP contribution is -2.24. The molecule has 0 radical (unpaired) electrons. The van der Waals surface area contributed by atoms with Gasteiger partial charge in [-0.15, -0.1) is 0 Å². The highest BCUT2D eigenvalue weighted by atomic mass is 35.5. The second kappa shape index (κ2) is 5.63. The zero-order chi connectivity index (χ0) is 14.9. The Morgan fingerprint density at radius 1 is 1.45 bits per heavy atom. The van der Waals surface area contributed by atoms with Gasteiger partial charge in [0.2, 0.25) is 0 Å². The minimum absolute atomic E-state index is 0.0586. The average molecular weight is 296 g/mol. The maximum atomic E-state index is 13.6. The summed E-state index contributed by atoms with van der Waals surface area (Å²) in [5, 5.41) is 7.27. The Labute approximate surface area is 121 Å². The number of amides is 1. The molecular weight excluding hydrogens is 281 g/mol. The molecule has 1 amide bonds. The lowest BCUT2D eigenvalue weighted by molar-refractivity contribution is 0.0947. The van der Waals surface area contributed by atoms with Crippen LogP contribution in [0.25, 0.3) is 0 Å². The van der Waals surface area contributed by atoms with Gasteiger partial charge in [-0.2, -0.15) is 5.10 Å². The van der Waals surface area contributed by atoms with Crippen LogP contribution in [0.3, 0.4) is 0 Å². The van der Waals surface area contributed by atoms with Crippen molar-refractivity contribution in [3.63, 3.8) is 0 Å².